The molecule has 0 spiro atoms. The maximum atomic E-state index is 14.7. The molecule has 7 rings (SSSR count). The summed E-state index contributed by atoms with van der Waals surface area (Å²) in [5.74, 6) is -7.62. The zero-order chi connectivity index (χ0) is 62.5. The zero-order valence-corrected chi connectivity index (χ0v) is 48.6. The average molecular weight is 1200 g/mol. The maximum Gasteiger partial charge on any atom is 0.251 e. The molecule has 0 aromatic heterocycles. The molecule has 3 aliphatic heterocycles. The second kappa shape index (κ2) is 30.2. The molecule has 17 N–H and O–H groups in total. The maximum absolute atomic E-state index is 14.7. The molecule has 0 radical (unpaired) electrons. The van der Waals surface area contributed by atoms with Crippen molar-refractivity contribution >= 4 is 41.4 Å². The van der Waals surface area contributed by atoms with Crippen molar-refractivity contribution in [2.24, 2.45) is 17.4 Å². The van der Waals surface area contributed by atoms with Crippen LogP contribution in [0.2, 0.25) is 0 Å². The van der Waals surface area contributed by atoms with Crippen LogP contribution in [0.15, 0.2) is 97.1 Å². The molecule has 7 unspecified atom stereocenters. The quantitative estimate of drug-likeness (QED) is 0.0531. The highest BCUT2D eigenvalue weighted by atomic mass is 16.5. The molecule has 0 saturated carbocycles. The second-order valence-electron chi connectivity index (χ2n) is 22.5. The summed E-state index contributed by atoms with van der Waals surface area (Å²) in [6, 6.07) is 15.4. The van der Waals surface area contributed by atoms with Crippen molar-refractivity contribution in [3.8, 4) is 33.8 Å². The van der Waals surface area contributed by atoms with Crippen LogP contribution in [0, 0.1) is 5.92 Å². The Bertz CT molecular complexity index is 2950. The number of nitrogens with zero attached hydrogens (tertiary/aromatic N) is 2. The fraction of sp³-hybridized carbons (Fsp3) is 0.492. The minimum Gasteiger partial charge on any atom is -0.508 e. The summed E-state index contributed by atoms with van der Waals surface area (Å²) in [7, 11) is 0. The Morgan fingerprint density at radius 1 is 0.663 bits per heavy atom. The van der Waals surface area contributed by atoms with Crippen LogP contribution in [0.4, 0.5) is 0 Å². The standard InChI is InChI=1S/C61H82N10O15/c1-5-6-7-26-86-44-22-18-38(19-23-44)36-10-8-35(9-11-36)37-12-14-40(15-13-37)55(79)65-45-24-25-47(64-41(28-62)29-63)66-59(83)51-52(76)32(2)30-71(51)61(85)49(34(4)73)68-58(82)50(54(78)53(77)39-16-20-42(74)21-17-39)69-57(81)46-27-43(75)31-70(46)60(84)48(33(3)72)67-56(45)80/h8-23,32-34,41,43,45-54,64,72-78H,5-7,24-31,62-63H2,1-4H3,(H,65,79)(H,66,83)(H,67,80)(H,68,82)(H,69,81)/t32-,33+,34+,43+,45?,46?,47?,48?,49?,50?,51?,52-,53-,54-/m0/s1. The van der Waals surface area contributed by atoms with Gasteiger partial charge in [0, 0.05) is 50.1 Å². The van der Waals surface area contributed by atoms with Gasteiger partial charge >= 0.3 is 0 Å². The van der Waals surface area contributed by atoms with E-state index in [0.717, 1.165) is 64.0 Å². The van der Waals surface area contributed by atoms with Crippen LogP contribution in [0.5, 0.6) is 11.5 Å². The van der Waals surface area contributed by atoms with Gasteiger partial charge in [0.25, 0.3) is 5.91 Å². The third kappa shape index (κ3) is 16.3. The molecule has 3 fully saturated rings. The number of hydrogen-bond acceptors (Lipinski definition) is 18. The van der Waals surface area contributed by atoms with E-state index < -0.39 is 145 Å². The fourth-order valence-corrected chi connectivity index (χ4v) is 10.9. The minimum atomic E-state index is -2.27. The first kappa shape index (κ1) is 65.9. The summed E-state index contributed by atoms with van der Waals surface area (Å²) < 4.78 is 5.87. The summed E-state index contributed by atoms with van der Waals surface area (Å²) in [5.41, 5.74) is 15.7. The van der Waals surface area contributed by atoms with E-state index in [4.69, 9.17) is 16.2 Å². The van der Waals surface area contributed by atoms with Gasteiger partial charge in [0.1, 0.15) is 60.0 Å². The molecule has 0 aliphatic carbocycles. The molecule has 466 valence electrons. The van der Waals surface area contributed by atoms with Crippen molar-refractivity contribution in [2.75, 3.05) is 32.8 Å². The van der Waals surface area contributed by atoms with E-state index in [1.165, 1.54) is 31.2 Å². The predicted molar refractivity (Wildman–Crippen MR) is 315 cm³/mol. The van der Waals surface area contributed by atoms with E-state index in [9.17, 15) is 69.3 Å². The van der Waals surface area contributed by atoms with Gasteiger partial charge in [-0.1, -0.05) is 87.4 Å². The zero-order valence-electron chi connectivity index (χ0n) is 48.6. The lowest BCUT2D eigenvalue weighted by Gasteiger charge is -2.34. The number of fused-ring (bicyclic) bond motifs is 2. The van der Waals surface area contributed by atoms with Crippen molar-refractivity contribution in [3.63, 3.8) is 0 Å². The third-order valence-electron chi connectivity index (χ3n) is 16.0. The molecule has 86 heavy (non-hydrogen) atoms. The van der Waals surface area contributed by atoms with Crippen LogP contribution in [-0.2, 0) is 28.8 Å². The van der Waals surface area contributed by atoms with Gasteiger partial charge in [-0.3, -0.25) is 38.9 Å². The number of nitrogens with one attached hydrogen (secondary N) is 6. The lowest BCUT2D eigenvalue weighted by Crippen LogP contribution is -2.64. The van der Waals surface area contributed by atoms with Gasteiger partial charge in [0.05, 0.1) is 37.2 Å². The number of nitrogens with two attached hydrogens (primary N) is 2. The van der Waals surface area contributed by atoms with Gasteiger partial charge < -0.3 is 88.3 Å². The number of carbonyl (C=O) groups is 7. The number of aliphatic hydroxyl groups excluding tert-OH is 6. The topological polar surface area (TPSA) is 401 Å². The Morgan fingerprint density at radius 3 is 1.76 bits per heavy atom. The van der Waals surface area contributed by atoms with Gasteiger partial charge in [-0.05, 0) is 97.3 Å². The van der Waals surface area contributed by atoms with E-state index in [1.807, 2.05) is 48.5 Å². The predicted octanol–water partition coefficient (Wildman–Crippen LogP) is -1.01. The third-order valence-corrected chi connectivity index (χ3v) is 16.0. The Hall–Kier alpha value is -7.59. The van der Waals surface area contributed by atoms with E-state index in [2.05, 4.69) is 38.8 Å². The fourth-order valence-electron chi connectivity index (χ4n) is 10.9. The number of aromatic hydroxyl groups is 1. The first-order chi connectivity index (χ1) is 41.0. The van der Waals surface area contributed by atoms with Crippen LogP contribution in [0.3, 0.4) is 0 Å². The van der Waals surface area contributed by atoms with E-state index in [-0.39, 0.29) is 49.4 Å². The molecule has 14 atom stereocenters. The van der Waals surface area contributed by atoms with Gasteiger partial charge in [-0.15, -0.1) is 0 Å². The van der Waals surface area contributed by atoms with Crippen LogP contribution in [-0.4, -0.2) is 199 Å². The first-order valence-corrected chi connectivity index (χ1v) is 29.1. The number of benzene rings is 4. The normalized spacial score (nSPS) is 26.0. The number of hydrogen-bond donors (Lipinski definition) is 15. The Balaban J connectivity index is 1.21. The lowest BCUT2D eigenvalue weighted by atomic mass is 9.96. The molecule has 3 aliphatic rings. The monoisotopic (exact) mass is 1190 g/mol. The molecule has 4 aromatic carbocycles. The van der Waals surface area contributed by atoms with E-state index in [1.54, 1.807) is 31.2 Å². The van der Waals surface area contributed by atoms with Crippen molar-refractivity contribution in [3.05, 3.63) is 108 Å². The molecule has 25 nitrogen and oxygen atoms in total. The molecule has 4 aromatic rings. The lowest BCUT2D eigenvalue weighted by molar-refractivity contribution is -0.148. The Kier molecular flexibility index (Phi) is 23.1. The molecular formula is C61H82N10O15. The second-order valence-corrected chi connectivity index (χ2v) is 22.5. The van der Waals surface area contributed by atoms with Gasteiger partial charge in [0.2, 0.25) is 35.4 Å². The summed E-state index contributed by atoms with van der Waals surface area (Å²) in [6.45, 7) is 5.73. The molecule has 3 heterocycles. The van der Waals surface area contributed by atoms with Gasteiger partial charge in [-0.25, -0.2) is 0 Å². The Morgan fingerprint density at radius 2 is 1.20 bits per heavy atom. The highest BCUT2D eigenvalue weighted by molar-refractivity contribution is 6.00. The van der Waals surface area contributed by atoms with E-state index in [0.29, 0.717) is 6.61 Å². The van der Waals surface area contributed by atoms with E-state index >= 15 is 0 Å². The summed E-state index contributed by atoms with van der Waals surface area (Å²) in [4.78, 5) is 104. The van der Waals surface area contributed by atoms with Crippen molar-refractivity contribution in [1.29, 1.82) is 0 Å². The molecule has 3 saturated heterocycles. The smallest absolute Gasteiger partial charge is 0.251 e. The number of amides is 7. The molecular weight excluding hydrogens is 1110 g/mol. The van der Waals surface area contributed by atoms with Crippen LogP contribution in [0.25, 0.3) is 22.3 Å². The molecule has 7 amide bonds. The highest BCUT2D eigenvalue weighted by Crippen LogP contribution is 2.30. The van der Waals surface area contributed by atoms with Crippen LogP contribution < -0.4 is 48.1 Å². The highest BCUT2D eigenvalue weighted by Gasteiger charge is 2.50. The number of rotatable bonds is 18. The number of phenolic OH excluding ortho intramolecular Hbond substituents is 1. The van der Waals surface area contributed by atoms with Crippen molar-refractivity contribution in [1.82, 2.24) is 41.7 Å². The number of carbonyl (C=O) groups excluding carboxylic acids is 7. The molecule has 0 bridgehead atoms. The summed E-state index contributed by atoms with van der Waals surface area (Å²) in [5, 5.41) is 93.8. The first-order valence-electron chi connectivity index (χ1n) is 29.1. The SMILES string of the molecule is CCCCCOc1ccc(-c2ccc(-c3ccc(C(=O)NC4CCC(NC(CN)CN)NC(=O)C5[C@@H](O)[C@@H](C)CN5C(=O)C([C@@H](C)O)NC(=O)C([C@H](O)[C@@H](O)c5ccc(O)cc5)NC(=O)C5C[C@@H](O)CN5C(=O)C([C@@H](C)O)NC4=O)cc3)cc2)cc1. The number of phenols is 1. The number of ether oxygens (including phenoxy) is 1. The Labute approximate surface area is 498 Å². The minimum absolute atomic E-state index is 0.0516. The van der Waals surface area contributed by atoms with Crippen LogP contribution >= 0.6 is 0 Å². The summed E-state index contributed by atoms with van der Waals surface area (Å²) in [6.07, 6.45) is -9.60. The average Bonchev–Trinajstić information content (AvgIpc) is 1.81. The molecule has 25 heteroatoms. The van der Waals surface area contributed by atoms with Crippen LogP contribution in [0.1, 0.15) is 88.2 Å². The number of unbranched alkanes of at least 4 members (excludes halogenated alkanes) is 2. The van der Waals surface area contributed by atoms with Crippen molar-refractivity contribution in [2.45, 2.75) is 151 Å². The summed E-state index contributed by atoms with van der Waals surface area (Å²) >= 11 is 0. The largest absolute Gasteiger partial charge is 0.508 e. The van der Waals surface area contributed by atoms with Gasteiger partial charge in [-0.2, -0.15) is 0 Å². The van der Waals surface area contributed by atoms with Crippen molar-refractivity contribution < 1.29 is 74.0 Å². The number of aliphatic hydroxyl groups is 6. The van der Waals surface area contributed by atoms with Gasteiger partial charge in [0.15, 0.2) is 0 Å².